The number of nitrogens with zero attached hydrogens (tertiary/aromatic N) is 4. The van der Waals surface area contributed by atoms with Crippen LogP contribution in [0.25, 0.3) is 10.9 Å². The summed E-state index contributed by atoms with van der Waals surface area (Å²) in [7, 11) is 0. The Morgan fingerprint density at radius 2 is 2.05 bits per heavy atom. The van der Waals surface area contributed by atoms with Gasteiger partial charge < -0.3 is 0 Å². The zero-order chi connectivity index (χ0) is 13.9. The maximum Gasteiger partial charge on any atom is 0.263 e. The Morgan fingerprint density at radius 3 is 2.85 bits per heavy atom. The minimum Gasteiger partial charge on any atom is -0.296 e. The van der Waals surface area contributed by atoms with Gasteiger partial charge in [0.05, 0.1) is 17.2 Å². The second-order valence-corrected chi connectivity index (χ2v) is 4.76. The van der Waals surface area contributed by atoms with Gasteiger partial charge in [0.2, 0.25) is 0 Å². The lowest BCUT2D eigenvalue weighted by atomic mass is 10.1. The van der Waals surface area contributed by atoms with Crippen molar-refractivity contribution in [1.82, 2.24) is 19.5 Å². The van der Waals surface area contributed by atoms with Gasteiger partial charge in [0.25, 0.3) is 5.56 Å². The van der Waals surface area contributed by atoms with Gasteiger partial charge in [-0.15, -0.1) is 0 Å². The normalized spacial score (nSPS) is 12.4. The molecule has 3 heterocycles. The molecule has 0 aliphatic rings. The van der Waals surface area contributed by atoms with Crippen molar-refractivity contribution in [2.75, 3.05) is 0 Å². The molecule has 1 atom stereocenters. The van der Waals surface area contributed by atoms with Crippen molar-refractivity contribution in [1.29, 1.82) is 0 Å². The monoisotopic (exact) mass is 266 g/mol. The van der Waals surface area contributed by atoms with E-state index < -0.39 is 0 Å². The number of rotatable bonds is 3. The fraction of sp³-hybridized carbons (Fsp3) is 0.200. The van der Waals surface area contributed by atoms with E-state index in [4.69, 9.17) is 0 Å². The molecule has 0 bridgehead atoms. The minimum absolute atomic E-state index is 0.0174. The quantitative estimate of drug-likeness (QED) is 0.727. The predicted octanol–water partition coefficient (Wildman–Crippen LogP) is 1.99. The lowest BCUT2D eigenvalue weighted by Gasteiger charge is -2.14. The second kappa shape index (κ2) is 5.21. The molecule has 0 amide bonds. The fourth-order valence-corrected chi connectivity index (χ4v) is 2.25. The summed E-state index contributed by atoms with van der Waals surface area (Å²) in [6.45, 7) is 2.00. The summed E-state index contributed by atoms with van der Waals surface area (Å²) in [5.41, 5.74) is 1.72. The number of hydrogen-bond acceptors (Lipinski definition) is 4. The predicted molar refractivity (Wildman–Crippen MR) is 76.5 cm³/mol. The van der Waals surface area contributed by atoms with Gasteiger partial charge in [0, 0.05) is 30.8 Å². The van der Waals surface area contributed by atoms with Crippen molar-refractivity contribution >= 4 is 10.9 Å². The molecule has 0 fully saturated rings. The van der Waals surface area contributed by atoms with E-state index in [1.807, 2.05) is 25.3 Å². The van der Waals surface area contributed by atoms with E-state index in [0.717, 1.165) is 12.0 Å². The molecule has 100 valence electrons. The summed E-state index contributed by atoms with van der Waals surface area (Å²) in [5.74, 6) is 0. The van der Waals surface area contributed by atoms with Gasteiger partial charge in [-0.1, -0.05) is 6.07 Å². The van der Waals surface area contributed by atoms with Crippen LogP contribution in [0, 0.1) is 0 Å². The molecule has 0 spiro atoms. The highest BCUT2D eigenvalue weighted by Crippen LogP contribution is 2.12. The molecule has 5 heteroatoms. The lowest BCUT2D eigenvalue weighted by Crippen LogP contribution is -2.25. The summed E-state index contributed by atoms with van der Waals surface area (Å²) in [5, 5.41) is 0.549. The van der Waals surface area contributed by atoms with Crippen molar-refractivity contribution in [2.24, 2.45) is 0 Å². The molecule has 0 aromatic carbocycles. The number of hydrogen-bond donors (Lipinski definition) is 0. The third-order valence-electron chi connectivity index (χ3n) is 3.31. The van der Waals surface area contributed by atoms with E-state index in [0.29, 0.717) is 10.9 Å². The molecule has 20 heavy (non-hydrogen) atoms. The molecule has 3 aromatic rings. The Kier molecular flexibility index (Phi) is 3.25. The standard InChI is InChI=1S/C15H14N4O/c1-11(7-12-3-2-5-16-8-12)19-10-18-14-4-6-17-9-13(14)15(19)20/h2-6,8-11H,7H2,1H3/t11-/m0/s1. The maximum atomic E-state index is 12.4. The van der Waals surface area contributed by atoms with Crippen LogP contribution in [0.4, 0.5) is 0 Å². The SMILES string of the molecule is C[C@@H](Cc1cccnc1)n1cnc2ccncc2c1=O. The van der Waals surface area contributed by atoms with E-state index in [2.05, 4.69) is 15.0 Å². The van der Waals surface area contributed by atoms with Gasteiger partial charge in [0.1, 0.15) is 0 Å². The summed E-state index contributed by atoms with van der Waals surface area (Å²) >= 11 is 0. The van der Waals surface area contributed by atoms with Crippen LogP contribution in [-0.4, -0.2) is 19.5 Å². The minimum atomic E-state index is -0.0560. The van der Waals surface area contributed by atoms with Crippen LogP contribution >= 0.6 is 0 Å². The molecule has 3 rings (SSSR count). The zero-order valence-electron chi connectivity index (χ0n) is 11.1. The van der Waals surface area contributed by atoms with E-state index in [9.17, 15) is 4.79 Å². The van der Waals surface area contributed by atoms with Crippen molar-refractivity contribution in [3.05, 3.63) is 65.2 Å². The van der Waals surface area contributed by atoms with Crippen molar-refractivity contribution in [3.63, 3.8) is 0 Å². The first-order chi connectivity index (χ1) is 9.75. The van der Waals surface area contributed by atoms with Gasteiger partial charge in [-0.2, -0.15) is 0 Å². The Morgan fingerprint density at radius 1 is 1.20 bits per heavy atom. The Balaban J connectivity index is 1.98. The first kappa shape index (κ1) is 12.5. The third-order valence-corrected chi connectivity index (χ3v) is 3.31. The molecule has 0 saturated carbocycles. The maximum absolute atomic E-state index is 12.4. The highest BCUT2D eigenvalue weighted by Gasteiger charge is 2.10. The zero-order valence-corrected chi connectivity index (χ0v) is 11.1. The van der Waals surface area contributed by atoms with Crippen molar-refractivity contribution < 1.29 is 0 Å². The summed E-state index contributed by atoms with van der Waals surface area (Å²) < 4.78 is 1.65. The van der Waals surface area contributed by atoms with Gasteiger partial charge in [0.15, 0.2) is 0 Å². The van der Waals surface area contributed by atoms with Crippen LogP contribution < -0.4 is 5.56 Å². The van der Waals surface area contributed by atoms with E-state index >= 15 is 0 Å². The van der Waals surface area contributed by atoms with Crippen molar-refractivity contribution in [3.8, 4) is 0 Å². The Hall–Kier alpha value is -2.56. The first-order valence-corrected chi connectivity index (χ1v) is 6.45. The van der Waals surface area contributed by atoms with Gasteiger partial charge in [-0.3, -0.25) is 19.3 Å². The average Bonchev–Trinajstić information content (AvgIpc) is 2.49. The van der Waals surface area contributed by atoms with Crippen LogP contribution in [0.2, 0.25) is 0 Å². The molecule has 3 aromatic heterocycles. The summed E-state index contributed by atoms with van der Waals surface area (Å²) in [6.07, 6.45) is 9.10. The van der Waals surface area contributed by atoms with Crippen LogP contribution in [0.1, 0.15) is 18.5 Å². The van der Waals surface area contributed by atoms with Crippen LogP contribution in [0.5, 0.6) is 0 Å². The number of pyridine rings is 2. The molecule has 0 unspecified atom stereocenters. The Labute approximate surface area is 116 Å². The van der Waals surface area contributed by atoms with Gasteiger partial charge in [-0.25, -0.2) is 4.98 Å². The highest BCUT2D eigenvalue weighted by atomic mass is 16.1. The summed E-state index contributed by atoms with van der Waals surface area (Å²) in [6, 6.07) is 5.66. The lowest BCUT2D eigenvalue weighted by molar-refractivity contribution is 0.522. The van der Waals surface area contributed by atoms with Crippen LogP contribution in [-0.2, 0) is 6.42 Å². The third kappa shape index (κ3) is 2.30. The smallest absolute Gasteiger partial charge is 0.263 e. The van der Waals surface area contributed by atoms with Crippen LogP contribution in [0.15, 0.2) is 54.1 Å². The molecule has 0 aliphatic heterocycles. The largest absolute Gasteiger partial charge is 0.296 e. The molecule has 5 nitrogen and oxygen atoms in total. The van der Waals surface area contributed by atoms with Crippen LogP contribution in [0.3, 0.4) is 0 Å². The van der Waals surface area contributed by atoms with E-state index in [-0.39, 0.29) is 11.6 Å². The number of fused-ring (bicyclic) bond motifs is 1. The second-order valence-electron chi connectivity index (χ2n) is 4.76. The molecule has 0 N–H and O–H groups in total. The van der Waals surface area contributed by atoms with Crippen molar-refractivity contribution in [2.45, 2.75) is 19.4 Å². The molecular weight excluding hydrogens is 252 g/mol. The van der Waals surface area contributed by atoms with E-state index in [1.165, 1.54) is 0 Å². The molecule has 0 saturated heterocycles. The Bertz CT molecular complexity index is 782. The molecule has 0 radical (unpaired) electrons. The van der Waals surface area contributed by atoms with E-state index in [1.54, 1.807) is 35.6 Å². The number of aromatic nitrogens is 4. The topological polar surface area (TPSA) is 60.7 Å². The molecule has 0 aliphatic carbocycles. The van der Waals surface area contributed by atoms with Gasteiger partial charge >= 0.3 is 0 Å². The average molecular weight is 266 g/mol. The summed E-state index contributed by atoms with van der Waals surface area (Å²) in [4.78, 5) is 24.8. The first-order valence-electron chi connectivity index (χ1n) is 6.45. The highest BCUT2D eigenvalue weighted by molar-refractivity contribution is 5.75. The fourth-order valence-electron chi connectivity index (χ4n) is 2.25. The molecular formula is C15H14N4O. The van der Waals surface area contributed by atoms with Gasteiger partial charge in [-0.05, 0) is 31.0 Å².